The van der Waals surface area contributed by atoms with E-state index in [0.717, 1.165) is 0 Å². The molecule has 1 aromatic carbocycles. The van der Waals surface area contributed by atoms with Gasteiger partial charge in [-0.25, -0.2) is 5.11 Å². The number of benzene rings is 1. The van der Waals surface area contributed by atoms with Crippen molar-refractivity contribution < 1.29 is 44.6 Å². The molecule has 0 saturated heterocycles. The summed E-state index contributed by atoms with van der Waals surface area (Å²) >= 11 is 0. The fourth-order valence-electron chi connectivity index (χ4n) is 2.12. The van der Waals surface area contributed by atoms with E-state index in [4.69, 9.17) is 0 Å². The van der Waals surface area contributed by atoms with Crippen LogP contribution in [-0.2, 0) is 30.1 Å². The fraction of sp³-hybridized carbons (Fsp3) is 0.571. The minimum absolute atomic E-state index is 0.0245. The van der Waals surface area contributed by atoms with Gasteiger partial charge in [-0.3, -0.25) is 0 Å². The molecule has 0 spiro atoms. The molecule has 0 aliphatic heterocycles. The Morgan fingerprint density at radius 2 is 1.25 bits per heavy atom. The van der Waals surface area contributed by atoms with Gasteiger partial charge in [0.1, 0.15) is 0 Å². The zero-order valence-corrected chi connectivity index (χ0v) is 12.2. The van der Waals surface area contributed by atoms with Crippen molar-refractivity contribution in [2.24, 2.45) is 0 Å². The van der Waals surface area contributed by atoms with Crippen LogP contribution in [0.15, 0.2) is 12.1 Å². The van der Waals surface area contributed by atoms with Gasteiger partial charge in [0, 0.05) is 0 Å². The van der Waals surface area contributed by atoms with Gasteiger partial charge in [0.05, 0.1) is 22.8 Å². The second-order valence-corrected chi connectivity index (χ2v) is 5.11. The molecule has 0 aliphatic carbocycles. The Labute approximate surface area is 131 Å². The lowest BCUT2D eigenvalue weighted by Gasteiger charge is -2.21. The van der Waals surface area contributed by atoms with E-state index >= 15 is 0 Å². The summed E-state index contributed by atoms with van der Waals surface area (Å²) in [5, 5.41) is 11.3. The van der Waals surface area contributed by atoms with Crippen LogP contribution in [0.25, 0.3) is 0 Å². The van der Waals surface area contributed by atoms with E-state index in [0.29, 0.717) is 0 Å². The Kier molecular flexibility index (Phi) is 5.85. The molecule has 0 N–H and O–H groups in total. The van der Waals surface area contributed by atoms with Gasteiger partial charge in [-0.15, -0.1) is 0 Å². The molecule has 1 unspecified atom stereocenters. The van der Waals surface area contributed by atoms with Gasteiger partial charge in [-0.05, 0) is 37.0 Å². The maximum absolute atomic E-state index is 13.0. The Hall–Kier alpha value is -1.45. The molecule has 137 valence electrons. The first-order chi connectivity index (χ1) is 10.7. The number of hydrogen-bond donors (Lipinski definition) is 0. The Bertz CT molecular complexity index is 534. The number of hydrogen-bond acceptors (Lipinski definition) is 0. The smallest absolute Gasteiger partial charge is 0.233 e. The fourth-order valence-corrected chi connectivity index (χ4v) is 2.12. The summed E-state index contributed by atoms with van der Waals surface area (Å²) in [6.45, 7) is 1.40. The van der Waals surface area contributed by atoms with Crippen LogP contribution in [0, 0.1) is 0 Å². The van der Waals surface area contributed by atoms with Gasteiger partial charge in [-0.2, -0.15) is 39.5 Å². The van der Waals surface area contributed by atoms with Crippen molar-refractivity contribution >= 4 is 0 Å². The molecule has 10 heteroatoms. The summed E-state index contributed by atoms with van der Waals surface area (Å²) in [6, 6.07) is -0.702. The van der Waals surface area contributed by atoms with Crippen molar-refractivity contribution in [1.82, 2.24) is 0 Å². The summed E-state index contributed by atoms with van der Waals surface area (Å²) in [6.07, 6.45) is -19.1. The lowest BCUT2D eigenvalue weighted by molar-refractivity contribution is -0.149. The first-order valence-electron chi connectivity index (χ1n) is 6.72. The van der Waals surface area contributed by atoms with E-state index in [-0.39, 0.29) is 18.6 Å². The van der Waals surface area contributed by atoms with Crippen LogP contribution in [0.1, 0.15) is 42.0 Å². The normalized spacial score (nSPS) is 14.8. The molecule has 0 saturated carbocycles. The first-order valence-corrected chi connectivity index (χ1v) is 6.72. The largest absolute Gasteiger partial charge is 0.416 e. The molecular formula is C14H12F9O. The first kappa shape index (κ1) is 20.6. The molecule has 1 aromatic rings. The minimum atomic E-state index is -5.42. The molecule has 1 rings (SSSR count). The average Bonchev–Trinajstić information content (AvgIpc) is 2.40. The molecule has 0 fully saturated rings. The van der Waals surface area contributed by atoms with Gasteiger partial charge in [0.15, 0.2) is 0 Å². The van der Waals surface area contributed by atoms with Crippen LogP contribution < -0.4 is 0 Å². The summed E-state index contributed by atoms with van der Waals surface area (Å²) in [5.41, 5.74) is -7.42. The van der Waals surface area contributed by atoms with Crippen molar-refractivity contribution in [2.45, 2.75) is 50.8 Å². The highest BCUT2D eigenvalue weighted by atomic mass is 19.4. The number of halogens is 9. The highest BCUT2D eigenvalue weighted by molar-refractivity contribution is 5.43. The number of alkyl halides is 9. The molecule has 0 aromatic heterocycles. The van der Waals surface area contributed by atoms with Gasteiger partial charge in [0.25, 0.3) is 0 Å². The molecule has 0 bridgehead atoms. The lowest BCUT2D eigenvalue weighted by Crippen LogP contribution is -2.21. The molecule has 0 amide bonds. The van der Waals surface area contributed by atoms with Gasteiger partial charge in [0.2, 0.25) is 0 Å². The van der Waals surface area contributed by atoms with Crippen molar-refractivity contribution in [1.29, 1.82) is 0 Å². The summed E-state index contributed by atoms with van der Waals surface area (Å²) in [5.74, 6) is 0. The zero-order valence-electron chi connectivity index (χ0n) is 12.2. The van der Waals surface area contributed by atoms with Crippen LogP contribution in [0.5, 0.6) is 0 Å². The SMILES string of the molecule is CCC([O])CCc1c(C(F)(F)F)cc(C(F)(F)F)cc1C(F)(F)F. The van der Waals surface area contributed by atoms with Gasteiger partial charge < -0.3 is 0 Å². The summed E-state index contributed by atoms with van der Waals surface area (Å²) in [4.78, 5) is 0. The second-order valence-electron chi connectivity index (χ2n) is 5.11. The van der Waals surface area contributed by atoms with E-state index in [1.54, 1.807) is 0 Å². The third-order valence-corrected chi connectivity index (χ3v) is 3.36. The predicted octanol–water partition coefficient (Wildman–Crippen LogP) is 5.88. The predicted molar refractivity (Wildman–Crippen MR) is 64.5 cm³/mol. The standard InChI is InChI=1S/C14H12F9O/c1-2-8(24)3-4-9-10(13(18,19)20)5-7(12(15,16)17)6-11(9)14(21,22)23/h5-6,8H,2-4H2,1H3. The number of rotatable bonds is 4. The monoisotopic (exact) mass is 367 g/mol. The third-order valence-electron chi connectivity index (χ3n) is 3.36. The van der Waals surface area contributed by atoms with E-state index in [1.807, 2.05) is 0 Å². The highest BCUT2D eigenvalue weighted by Crippen LogP contribution is 2.44. The Balaban J connectivity index is 3.62. The maximum atomic E-state index is 13.0. The average molecular weight is 367 g/mol. The van der Waals surface area contributed by atoms with Crippen molar-refractivity contribution in [2.75, 3.05) is 0 Å². The van der Waals surface area contributed by atoms with E-state index in [1.165, 1.54) is 6.92 Å². The summed E-state index contributed by atoms with van der Waals surface area (Å²) < 4.78 is 116. The molecule has 1 atom stereocenters. The quantitative estimate of drug-likeness (QED) is 0.592. The highest BCUT2D eigenvalue weighted by Gasteiger charge is 2.44. The van der Waals surface area contributed by atoms with E-state index < -0.39 is 59.7 Å². The van der Waals surface area contributed by atoms with E-state index in [2.05, 4.69) is 0 Å². The van der Waals surface area contributed by atoms with Crippen LogP contribution in [-0.4, -0.2) is 6.10 Å². The molecular weight excluding hydrogens is 355 g/mol. The lowest BCUT2D eigenvalue weighted by atomic mass is 9.92. The second kappa shape index (κ2) is 6.81. The van der Waals surface area contributed by atoms with Crippen LogP contribution in [0.2, 0.25) is 0 Å². The van der Waals surface area contributed by atoms with Crippen molar-refractivity contribution in [3.05, 3.63) is 34.4 Å². The van der Waals surface area contributed by atoms with Gasteiger partial charge >= 0.3 is 18.5 Å². The van der Waals surface area contributed by atoms with Crippen LogP contribution in [0.3, 0.4) is 0 Å². The minimum Gasteiger partial charge on any atom is -0.233 e. The third kappa shape index (κ3) is 5.02. The molecule has 0 heterocycles. The molecule has 0 aliphatic rings. The topological polar surface area (TPSA) is 19.9 Å². The van der Waals surface area contributed by atoms with Crippen LogP contribution in [0.4, 0.5) is 39.5 Å². The van der Waals surface area contributed by atoms with E-state index in [9.17, 15) is 44.6 Å². The molecule has 1 radical (unpaired) electrons. The molecule has 24 heavy (non-hydrogen) atoms. The molecule has 1 nitrogen and oxygen atoms in total. The Morgan fingerprint density at radius 3 is 1.54 bits per heavy atom. The Morgan fingerprint density at radius 1 is 0.833 bits per heavy atom. The zero-order chi connectivity index (χ0) is 18.9. The van der Waals surface area contributed by atoms with Gasteiger partial charge in [-0.1, -0.05) is 6.92 Å². The maximum Gasteiger partial charge on any atom is 0.416 e. The van der Waals surface area contributed by atoms with Crippen molar-refractivity contribution in [3.8, 4) is 0 Å². The van der Waals surface area contributed by atoms with Crippen LogP contribution >= 0.6 is 0 Å². The van der Waals surface area contributed by atoms with Crippen molar-refractivity contribution in [3.63, 3.8) is 0 Å². The summed E-state index contributed by atoms with van der Waals surface area (Å²) in [7, 11) is 0.